The van der Waals surface area contributed by atoms with Crippen LogP contribution in [0, 0.1) is 5.92 Å². The molecule has 0 atom stereocenters. The predicted octanol–water partition coefficient (Wildman–Crippen LogP) is 3.67. The lowest BCUT2D eigenvalue weighted by atomic mass is 9.93. The molecule has 1 amide bonds. The first kappa shape index (κ1) is 20.6. The number of ether oxygens (including phenoxy) is 1. The van der Waals surface area contributed by atoms with Crippen LogP contribution in [0.2, 0.25) is 5.02 Å². The number of benzene rings is 1. The van der Waals surface area contributed by atoms with E-state index in [1.54, 1.807) is 18.3 Å². The van der Waals surface area contributed by atoms with Crippen LogP contribution in [0.15, 0.2) is 52.0 Å². The van der Waals surface area contributed by atoms with E-state index in [1.807, 2.05) is 18.2 Å². The number of halogens is 1. The lowest BCUT2D eigenvalue weighted by molar-refractivity contribution is -0.120. The zero-order valence-corrected chi connectivity index (χ0v) is 17.3. The molecule has 6 nitrogen and oxygen atoms in total. The summed E-state index contributed by atoms with van der Waals surface area (Å²) in [6.07, 6.45) is 5.94. The third kappa shape index (κ3) is 5.07. The van der Waals surface area contributed by atoms with Gasteiger partial charge in [0.25, 0.3) is 0 Å². The van der Waals surface area contributed by atoms with Crippen molar-refractivity contribution >= 4 is 28.6 Å². The smallest absolute Gasteiger partial charge is 0.229 e. The van der Waals surface area contributed by atoms with Gasteiger partial charge in [0.1, 0.15) is 6.26 Å². The maximum atomic E-state index is 12.9. The topological polar surface area (TPSA) is 81.4 Å². The molecule has 4 rings (SSSR count). The molecule has 1 aliphatic heterocycles. The molecule has 1 aliphatic rings. The van der Waals surface area contributed by atoms with Crippen molar-refractivity contribution in [2.24, 2.45) is 5.92 Å². The average Bonchev–Trinajstić information content (AvgIpc) is 2.76. The summed E-state index contributed by atoms with van der Waals surface area (Å²) in [4.78, 5) is 29.5. The highest BCUT2D eigenvalue weighted by Gasteiger charge is 2.17. The van der Waals surface area contributed by atoms with Gasteiger partial charge < -0.3 is 14.5 Å². The van der Waals surface area contributed by atoms with E-state index in [0.717, 1.165) is 43.6 Å². The summed E-state index contributed by atoms with van der Waals surface area (Å²) in [5.74, 6) is 0.287. The van der Waals surface area contributed by atoms with Gasteiger partial charge in [0, 0.05) is 36.5 Å². The molecule has 0 radical (unpaired) electrons. The molecule has 0 saturated carbocycles. The van der Waals surface area contributed by atoms with Crippen LogP contribution in [0.25, 0.3) is 11.1 Å². The minimum Gasteiger partial charge on any atom is -0.446 e. The Hall–Kier alpha value is -2.70. The van der Waals surface area contributed by atoms with E-state index >= 15 is 0 Å². The highest BCUT2D eigenvalue weighted by Crippen LogP contribution is 2.21. The summed E-state index contributed by atoms with van der Waals surface area (Å²) >= 11 is 5.87. The van der Waals surface area contributed by atoms with Gasteiger partial charge in [-0.15, -0.1) is 0 Å². The molecule has 1 aromatic carbocycles. The molecule has 0 bridgehead atoms. The van der Waals surface area contributed by atoms with Crippen LogP contribution in [-0.2, 0) is 28.9 Å². The number of aromatic nitrogens is 1. The lowest BCUT2D eigenvalue weighted by Crippen LogP contribution is -2.27. The molecule has 0 unspecified atom stereocenters. The third-order valence-corrected chi connectivity index (χ3v) is 5.63. The second kappa shape index (κ2) is 9.41. The number of hydrogen-bond donors (Lipinski definition) is 1. The van der Waals surface area contributed by atoms with Crippen molar-refractivity contribution in [3.05, 3.63) is 74.7 Å². The number of carbonyl (C=O) groups is 1. The minimum absolute atomic E-state index is 0.0456. The summed E-state index contributed by atoms with van der Waals surface area (Å²) in [5.41, 5.74) is 2.34. The molecule has 0 aliphatic carbocycles. The molecule has 30 heavy (non-hydrogen) atoms. The maximum Gasteiger partial charge on any atom is 0.229 e. The number of carbonyl (C=O) groups excluding carboxylic acids is 1. The van der Waals surface area contributed by atoms with Crippen LogP contribution >= 0.6 is 11.6 Å². The Morgan fingerprint density at radius 2 is 1.93 bits per heavy atom. The number of hydrogen-bond acceptors (Lipinski definition) is 5. The number of fused-ring (bicyclic) bond motifs is 1. The fourth-order valence-electron chi connectivity index (χ4n) is 3.66. The third-order valence-electron chi connectivity index (χ3n) is 5.38. The highest BCUT2D eigenvalue weighted by atomic mass is 35.5. The molecule has 7 heteroatoms. The maximum absolute atomic E-state index is 12.9. The normalized spacial score (nSPS) is 14.7. The molecule has 0 spiro atoms. The van der Waals surface area contributed by atoms with Crippen LogP contribution < -0.4 is 10.7 Å². The van der Waals surface area contributed by atoms with Crippen LogP contribution in [0.3, 0.4) is 0 Å². The molecular formula is C23H23ClN2O4. The predicted molar refractivity (Wildman–Crippen MR) is 115 cm³/mol. The zero-order chi connectivity index (χ0) is 20.9. The Labute approximate surface area is 179 Å². The van der Waals surface area contributed by atoms with Gasteiger partial charge in [-0.1, -0.05) is 23.7 Å². The molecule has 1 fully saturated rings. The number of rotatable bonds is 6. The second-order valence-electron chi connectivity index (χ2n) is 7.63. The van der Waals surface area contributed by atoms with E-state index in [4.69, 9.17) is 20.8 Å². The Morgan fingerprint density at radius 1 is 1.17 bits per heavy atom. The molecular weight excluding hydrogens is 404 g/mol. The van der Waals surface area contributed by atoms with E-state index in [2.05, 4.69) is 10.3 Å². The summed E-state index contributed by atoms with van der Waals surface area (Å²) in [7, 11) is 0. The van der Waals surface area contributed by atoms with Crippen molar-refractivity contribution in [1.82, 2.24) is 10.3 Å². The zero-order valence-electron chi connectivity index (χ0n) is 16.5. The Morgan fingerprint density at radius 3 is 2.70 bits per heavy atom. The summed E-state index contributed by atoms with van der Waals surface area (Å²) in [6, 6.07) is 9.08. The van der Waals surface area contributed by atoms with Crippen LogP contribution in [0.1, 0.15) is 29.5 Å². The van der Waals surface area contributed by atoms with Crippen molar-refractivity contribution in [3.8, 4) is 0 Å². The first-order valence-corrected chi connectivity index (χ1v) is 10.4. The fraction of sp³-hybridized carbons (Fsp3) is 0.348. The Balaban J connectivity index is 1.45. The number of nitrogens with zero attached hydrogens (tertiary/aromatic N) is 1. The summed E-state index contributed by atoms with van der Waals surface area (Å²) in [5, 5.41) is 3.88. The van der Waals surface area contributed by atoms with Gasteiger partial charge in [0.15, 0.2) is 5.43 Å². The number of nitrogens with one attached hydrogen (secondary N) is 1. The van der Waals surface area contributed by atoms with E-state index in [0.29, 0.717) is 34.1 Å². The standard InChI is InChI=1S/C23H23ClN2O4/c24-19-3-1-16(2-4-19)12-25-21(27)11-18-14-30-23-20(22(18)28)10-17(13-26-23)9-15-5-7-29-8-6-15/h1-4,10,13-15H,5-9,11-12H2,(H,25,27). The molecule has 1 N–H and O–H groups in total. The monoisotopic (exact) mass is 426 g/mol. The Kier molecular flexibility index (Phi) is 6.45. The average molecular weight is 427 g/mol. The fourth-order valence-corrected chi connectivity index (χ4v) is 3.79. The van der Waals surface area contributed by atoms with Gasteiger partial charge in [0.2, 0.25) is 11.6 Å². The first-order valence-electron chi connectivity index (χ1n) is 10.1. The summed E-state index contributed by atoms with van der Waals surface area (Å²) < 4.78 is 10.9. The molecule has 3 heterocycles. The lowest BCUT2D eigenvalue weighted by Gasteiger charge is -2.21. The van der Waals surface area contributed by atoms with Crippen molar-refractivity contribution < 1.29 is 13.9 Å². The first-order chi connectivity index (χ1) is 14.6. The van der Waals surface area contributed by atoms with E-state index in [1.165, 1.54) is 6.26 Å². The number of pyridine rings is 1. The van der Waals surface area contributed by atoms with Crippen molar-refractivity contribution in [3.63, 3.8) is 0 Å². The number of amides is 1. The van der Waals surface area contributed by atoms with Gasteiger partial charge in [-0.25, -0.2) is 4.98 Å². The van der Waals surface area contributed by atoms with E-state index in [-0.39, 0.29) is 17.8 Å². The molecule has 2 aromatic heterocycles. The van der Waals surface area contributed by atoms with Crippen LogP contribution in [0.4, 0.5) is 0 Å². The van der Waals surface area contributed by atoms with Crippen LogP contribution in [0.5, 0.6) is 0 Å². The van der Waals surface area contributed by atoms with Gasteiger partial charge >= 0.3 is 0 Å². The summed E-state index contributed by atoms with van der Waals surface area (Å²) in [6.45, 7) is 1.93. The minimum atomic E-state index is -0.247. The molecule has 3 aromatic rings. The van der Waals surface area contributed by atoms with Crippen molar-refractivity contribution in [1.29, 1.82) is 0 Å². The quantitative estimate of drug-likeness (QED) is 0.650. The molecule has 1 saturated heterocycles. The van der Waals surface area contributed by atoms with Crippen LogP contribution in [-0.4, -0.2) is 24.1 Å². The highest BCUT2D eigenvalue weighted by molar-refractivity contribution is 6.30. The second-order valence-corrected chi connectivity index (χ2v) is 8.06. The SMILES string of the molecule is O=C(Cc1coc2ncc(CC3CCOCC3)cc2c1=O)NCc1ccc(Cl)cc1. The van der Waals surface area contributed by atoms with E-state index in [9.17, 15) is 9.59 Å². The Bertz CT molecular complexity index is 1090. The van der Waals surface area contributed by atoms with Crippen molar-refractivity contribution in [2.45, 2.75) is 32.2 Å². The van der Waals surface area contributed by atoms with Gasteiger partial charge in [0.05, 0.1) is 11.8 Å². The van der Waals surface area contributed by atoms with E-state index < -0.39 is 0 Å². The van der Waals surface area contributed by atoms with Gasteiger partial charge in [-0.05, 0) is 54.5 Å². The van der Waals surface area contributed by atoms with Gasteiger partial charge in [-0.3, -0.25) is 9.59 Å². The van der Waals surface area contributed by atoms with Gasteiger partial charge in [-0.2, -0.15) is 0 Å². The van der Waals surface area contributed by atoms with Crippen molar-refractivity contribution in [2.75, 3.05) is 13.2 Å². The molecule has 156 valence electrons. The largest absolute Gasteiger partial charge is 0.446 e.